The Morgan fingerprint density at radius 1 is 0.657 bits per heavy atom. The molecular formula is C31H19N3O. The van der Waals surface area contributed by atoms with E-state index < -0.39 is 0 Å². The first-order chi connectivity index (χ1) is 17.3. The molecule has 3 aromatic heterocycles. The van der Waals surface area contributed by atoms with E-state index in [-0.39, 0.29) is 0 Å². The van der Waals surface area contributed by atoms with Gasteiger partial charge in [-0.05, 0) is 54.1 Å². The van der Waals surface area contributed by atoms with E-state index in [1.807, 2.05) is 24.5 Å². The fourth-order valence-electron chi connectivity index (χ4n) is 5.36. The van der Waals surface area contributed by atoms with Gasteiger partial charge in [-0.3, -0.25) is 4.57 Å². The van der Waals surface area contributed by atoms with Gasteiger partial charge in [-0.25, -0.2) is 4.98 Å². The van der Waals surface area contributed by atoms with Crippen molar-refractivity contribution < 1.29 is 4.42 Å². The Labute approximate surface area is 200 Å². The molecule has 0 spiro atoms. The third-order valence-corrected chi connectivity index (χ3v) is 7.04. The quantitative estimate of drug-likeness (QED) is 0.289. The van der Waals surface area contributed by atoms with E-state index in [0.717, 1.165) is 55.3 Å². The number of imidazole rings is 1. The Bertz CT molecular complexity index is 2070. The van der Waals surface area contributed by atoms with Crippen LogP contribution in [0.25, 0.3) is 71.6 Å². The average molecular weight is 450 g/mol. The maximum atomic E-state index is 6.21. The maximum absolute atomic E-state index is 6.21. The number of furan rings is 1. The van der Waals surface area contributed by atoms with E-state index in [1.54, 1.807) is 0 Å². The molecule has 0 saturated carbocycles. The number of hydrogen-bond acceptors (Lipinski definition) is 2. The highest BCUT2D eigenvalue weighted by Crippen LogP contribution is 2.37. The number of hydrogen-bond donors (Lipinski definition) is 1. The highest BCUT2D eigenvalue weighted by atomic mass is 16.3. The topological polar surface area (TPSA) is 46.8 Å². The number of nitrogens with zero attached hydrogens (tertiary/aromatic N) is 2. The van der Waals surface area contributed by atoms with Gasteiger partial charge in [0.1, 0.15) is 17.5 Å². The predicted molar refractivity (Wildman–Crippen MR) is 143 cm³/mol. The van der Waals surface area contributed by atoms with Gasteiger partial charge in [0.15, 0.2) is 0 Å². The van der Waals surface area contributed by atoms with Crippen LogP contribution in [-0.2, 0) is 0 Å². The third-order valence-electron chi connectivity index (χ3n) is 7.04. The van der Waals surface area contributed by atoms with Crippen LogP contribution in [0.3, 0.4) is 0 Å². The number of fused-ring (bicyclic) bond motifs is 7. The molecule has 4 heteroatoms. The summed E-state index contributed by atoms with van der Waals surface area (Å²) in [5.74, 6) is 0. The van der Waals surface area contributed by atoms with Gasteiger partial charge in [0, 0.05) is 38.3 Å². The van der Waals surface area contributed by atoms with Crippen LogP contribution in [0.2, 0.25) is 0 Å². The lowest BCUT2D eigenvalue weighted by Gasteiger charge is -2.05. The molecule has 5 aromatic carbocycles. The standard InChI is InChI=1S/C31H19N3O/c1-2-9-26-22(6-1)23-8-5-7-21(31(23)33-26)19-12-14-29-24(16-19)25-17-20(13-15-30(25)35-29)34-18-32-27-10-3-4-11-28(27)34/h1-18,33H. The van der Waals surface area contributed by atoms with Crippen LogP contribution in [0.5, 0.6) is 0 Å². The van der Waals surface area contributed by atoms with E-state index in [2.05, 4.69) is 99.5 Å². The van der Waals surface area contributed by atoms with Crippen LogP contribution in [0.1, 0.15) is 0 Å². The molecular weight excluding hydrogens is 430 g/mol. The van der Waals surface area contributed by atoms with E-state index >= 15 is 0 Å². The zero-order chi connectivity index (χ0) is 22.9. The highest BCUT2D eigenvalue weighted by molar-refractivity contribution is 6.13. The van der Waals surface area contributed by atoms with Crippen molar-refractivity contribution in [3.63, 3.8) is 0 Å². The number of para-hydroxylation sites is 4. The molecule has 0 amide bonds. The second kappa shape index (κ2) is 6.84. The fraction of sp³-hybridized carbons (Fsp3) is 0. The SMILES string of the molecule is c1ccc2c(c1)ncn2-c1ccc2oc3ccc(-c4cccc5c4[nH]c4ccccc45)cc3c2c1. The summed E-state index contributed by atoms with van der Waals surface area (Å²) in [7, 11) is 0. The summed E-state index contributed by atoms with van der Waals surface area (Å²) in [5.41, 5.74) is 9.58. The average Bonchev–Trinajstić information content (AvgIpc) is 3.61. The molecule has 0 aliphatic carbocycles. The molecule has 0 bridgehead atoms. The second-order valence-electron chi connectivity index (χ2n) is 9.00. The number of nitrogens with one attached hydrogen (secondary N) is 1. The summed E-state index contributed by atoms with van der Waals surface area (Å²) < 4.78 is 8.33. The summed E-state index contributed by atoms with van der Waals surface area (Å²) in [4.78, 5) is 8.20. The Kier molecular flexibility index (Phi) is 3.63. The minimum atomic E-state index is 0.883. The molecule has 35 heavy (non-hydrogen) atoms. The van der Waals surface area contributed by atoms with E-state index in [4.69, 9.17) is 4.42 Å². The minimum Gasteiger partial charge on any atom is -0.456 e. The number of benzene rings is 5. The Hall–Kier alpha value is -4.83. The summed E-state index contributed by atoms with van der Waals surface area (Å²) in [6.07, 6.45) is 1.89. The van der Waals surface area contributed by atoms with Crippen LogP contribution >= 0.6 is 0 Å². The van der Waals surface area contributed by atoms with Crippen molar-refractivity contribution in [1.82, 2.24) is 14.5 Å². The molecule has 0 unspecified atom stereocenters. The largest absolute Gasteiger partial charge is 0.456 e. The normalized spacial score (nSPS) is 12.0. The van der Waals surface area contributed by atoms with Gasteiger partial charge in [-0.2, -0.15) is 0 Å². The smallest absolute Gasteiger partial charge is 0.135 e. The molecule has 0 saturated heterocycles. The molecule has 0 fully saturated rings. The van der Waals surface area contributed by atoms with Crippen molar-refractivity contribution in [2.75, 3.05) is 0 Å². The fourth-order valence-corrected chi connectivity index (χ4v) is 5.36. The monoisotopic (exact) mass is 449 g/mol. The number of rotatable bonds is 2. The van der Waals surface area contributed by atoms with Crippen LogP contribution in [0.15, 0.2) is 114 Å². The van der Waals surface area contributed by atoms with Crippen LogP contribution in [0, 0.1) is 0 Å². The molecule has 8 aromatic rings. The van der Waals surface area contributed by atoms with Gasteiger partial charge >= 0.3 is 0 Å². The lowest BCUT2D eigenvalue weighted by molar-refractivity contribution is 0.669. The van der Waals surface area contributed by atoms with Crippen molar-refractivity contribution in [3.05, 3.63) is 109 Å². The first-order valence-electron chi connectivity index (χ1n) is 11.7. The molecule has 8 rings (SSSR count). The maximum Gasteiger partial charge on any atom is 0.135 e. The van der Waals surface area contributed by atoms with Crippen molar-refractivity contribution in [2.24, 2.45) is 0 Å². The van der Waals surface area contributed by atoms with E-state index in [9.17, 15) is 0 Å². The van der Waals surface area contributed by atoms with E-state index in [0.29, 0.717) is 0 Å². The van der Waals surface area contributed by atoms with Gasteiger partial charge < -0.3 is 9.40 Å². The minimum absolute atomic E-state index is 0.883. The summed E-state index contributed by atoms with van der Waals surface area (Å²) in [6, 6.07) is 36.0. The Morgan fingerprint density at radius 3 is 2.43 bits per heavy atom. The molecule has 4 nitrogen and oxygen atoms in total. The van der Waals surface area contributed by atoms with Gasteiger partial charge in [0.2, 0.25) is 0 Å². The molecule has 1 N–H and O–H groups in total. The molecule has 164 valence electrons. The van der Waals surface area contributed by atoms with Crippen molar-refractivity contribution in [3.8, 4) is 16.8 Å². The van der Waals surface area contributed by atoms with Crippen LogP contribution in [-0.4, -0.2) is 14.5 Å². The second-order valence-corrected chi connectivity index (χ2v) is 9.00. The van der Waals surface area contributed by atoms with Crippen molar-refractivity contribution in [2.45, 2.75) is 0 Å². The van der Waals surface area contributed by atoms with E-state index in [1.165, 1.54) is 16.3 Å². The number of aromatic amines is 1. The summed E-state index contributed by atoms with van der Waals surface area (Å²) in [5, 5.41) is 4.69. The van der Waals surface area contributed by atoms with Gasteiger partial charge in [0.25, 0.3) is 0 Å². The first-order valence-corrected chi connectivity index (χ1v) is 11.7. The molecule has 3 heterocycles. The Morgan fingerprint density at radius 2 is 1.46 bits per heavy atom. The van der Waals surface area contributed by atoms with Gasteiger partial charge in [-0.1, -0.05) is 54.6 Å². The third kappa shape index (κ3) is 2.65. The van der Waals surface area contributed by atoms with Crippen LogP contribution in [0.4, 0.5) is 0 Å². The molecule has 0 radical (unpaired) electrons. The molecule has 0 atom stereocenters. The van der Waals surface area contributed by atoms with Crippen LogP contribution < -0.4 is 0 Å². The first kappa shape index (κ1) is 18.6. The summed E-state index contributed by atoms with van der Waals surface area (Å²) in [6.45, 7) is 0. The lowest BCUT2D eigenvalue weighted by Crippen LogP contribution is -1.91. The number of H-pyrrole nitrogens is 1. The number of aromatic nitrogens is 3. The Balaban J connectivity index is 1.35. The predicted octanol–water partition coefficient (Wildman–Crippen LogP) is 8.23. The lowest BCUT2D eigenvalue weighted by atomic mass is 10.00. The van der Waals surface area contributed by atoms with Gasteiger partial charge in [-0.15, -0.1) is 0 Å². The molecule has 0 aliphatic rings. The zero-order valence-corrected chi connectivity index (χ0v) is 18.7. The zero-order valence-electron chi connectivity index (χ0n) is 18.7. The van der Waals surface area contributed by atoms with Crippen molar-refractivity contribution in [1.29, 1.82) is 0 Å². The highest BCUT2D eigenvalue weighted by Gasteiger charge is 2.14. The van der Waals surface area contributed by atoms with Gasteiger partial charge in [0.05, 0.1) is 16.6 Å². The van der Waals surface area contributed by atoms with Crippen molar-refractivity contribution >= 4 is 54.8 Å². The summed E-state index contributed by atoms with van der Waals surface area (Å²) >= 11 is 0. The molecule has 0 aliphatic heterocycles.